The van der Waals surface area contributed by atoms with Crippen LogP contribution >= 0.6 is 0 Å². The number of aromatic nitrogens is 2. The molecule has 1 aromatic rings. The topological polar surface area (TPSA) is 99.4 Å². The van der Waals surface area contributed by atoms with E-state index in [4.69, 9.17) is 9.47 Å². The lowest BCUT2D eigenvalue weighted by Crippen LogP contribution is -2.26. The van der Waals surface area contributed by atoms with E-state index >= 15 is 0 Å². The average Bonchev–Trinajstić information content (AvgIpc) is 2.39. The van der Waals surface area contributed by atoms with Crippen LogP contribution in [-0.4, -0.2) is 41.3 Å². The molecule has 2 heterocycles. The second kappa shape index (κ2) is 5.58. The molecule has 0 atom stereocenters. The summed E-state index contributed by atoms with van der Waals surface area (Å²) in [5, 5.41) is 13.7. The zero-order valence-electron chi connectivity index (χ0n) is 9.96. The average molecular weight is 254 g/mol. The Hall–Kier alpha value is -1.96. The van der Waals surface area contributed by atoms with Crippen molar-refractivity contribution in [3.8, 4) is 5.88 Å². The fourth-order valence-electron chi connectivity index (χ4n) is 1.75. The third kappa shape index (κ3) is 2.65. The molecule has 1 aliphatic heterocycles. The molecule has 18 heavy (non-hydrogen) atoms. The Bertz CT molecular complexity index is 434. The van der Waals surface area contributed by atoms with E-state index in [9.17, 15) is 10.1 Å². The summed E-state index contributed by atoms with van der Waals surface area (Å²) >= 11 is 0. The van der Waals surface area contributed by atoms with E-state index < -0.39 is 4.92 Å². The van der Waals surface area contributed by atoms with Gasteiger partial charge in [-0.05, 0) is 0 Å². The number of nitrogens with one attached hydrogen (secondary N) is 1. The molecule has 1 saturated heterocycles. The SMILES string of the molecule is CNc1ncnc(OC2CCOCC2)c1[N+](=O)[O-]. The highest BCUT2D eigenvalue weighted by Crippen LogP contribution is 2.31. The van der Waals surface area contributed by atoms with Gasteiger partial charge in [-0.1, -0.05) is 0 Å². The first-order valence-electron chi connectivity index (χ1n) is 5.64. The van der Waals surface area contributed by atoms with Crippen molar-refractivity contribution in [2.45, 2.75) is 18.9 Å². The normalized spacial score (nSPS) is 16.3. The minimum absolute atomic E-state index is 0.00579. The van der Waals surface area contributed by atoms with Gasteiger partial charge in [-0.25, -0.2) is 4.98 Å². The molecule has 2 rings (SSSR count). The van der Waals surface area contributed by atoms with E-state index in [-0.39, 0.29) is 23.5 Å². The Morgan fingerprint density at radius 2 is 2.22 bits per heavy atom. The Kier molecular flexibility index (Phi) is 3.88. The molecule has 0 saturated carbocycles. The predicted octanol–water partition coefficient (Wildman–Crippen LogP) is 0.984. The highest BCUT2D eigenvalue weighted by molar-refractivity contribution is 5.60. The zero-order chi connectivity index (χ0) is 13.0. The lowest BCUT2D eigenvalue weighted by atomic mass is 10.1. The lowest BCUT2D eigenvalue weighted by molar-refractivity contribution is -0.385. The van der Waals surface area contributed by atoms with E-state index in [0.29, 0.717) is 26.1 Å². The van der Waals surface area contributed by atoms with Crippen molar-refractivity contribution in [3.63, 3.8) is 0 Å². The fourth-order valence-corrected chi connectivity index (χ4v) is 1.75. The van der Waals surface area contributed by atoms with Crippen molar-refractivity contribution in [1.82, 2.24) is 9.97 Å². The largest absolute Gasteiger partial charge is 0.469 e. The molecular weight excluding hydrogens is 240 g/mol. The molecule has 0 radical (unpaired) electrons. The van der Waals surface area contributed by atoms with Gasteiger partial charge in [-0.2, -0.15) is 4.98 Å². The Balaban J connectivity index is 2.23. The van der Waals surface area contributed by atoms with Crippen LogP contribution < -0.4 is 10.1 Å². The lowest BCUT2D eigenvalue weighted by Gasteiger charge is -2.22. The maximum absolute atomic E-state index is 11.0. The molecular formula is C10H14N4O4. The Morgan fingerprint density at radius 3 is 2.83 bits per heavy atom. The van der Waals surface area contributed by atoms with Gasteiger partial charge in [0.15, 0.2) is 0 Å². The first-order chi connectivity index (χ1) is 8.72. The van der Waals surface area contributed by atoms with Crippen LogP contribution in [0.15, 0.2) is 6.33 Å². The van der Waals surface area contributed by atoms with E-state index in [0.717, 1.165) is 0 Å². The number of rotatable bonds is 4. The van der Waals surface area contributed by atoms with Crippen molar-refractivity contribution >= 4 is 11.5 Å². The Labute approximate surface area is 103 Å². The highest BCUT2D eigenvalue weighted by atomic mass is 16.6. The predicted molar refractivity (Wildman–Crippen MR) is 62.7 cm³/mol. The third-order valence-corrected chi connectivity index (χ3v) is 2.65. The second-order valence-corrected chi connectivity index (χ2v) is 3.81. The van der Waals surface area contributed by atoms with E-state index in [1.54, 1.807) is 7.05 Å². The Morgan fingerprint density at radius 1 is 1.50 bits per heavy atom. The molecule has 8 nitrogen and oxygen atoms in total. The highest BCUT2D eigenvalue weighted by Gasteiger charge is 2.26. The number of nitro groups is 1. The van der Waals surface area contributed by atoms with Crippen LogP contribution in [-0.2, 0) is 4.74 Å². The van der Waals surface area contributed by atoms with Crippen LogP contribution in [0.1, 0.15) is 12.8 Å². The molecule has 1 aliphatic rings. The molecule has 1 aromatic heterocycles. The van der Waals surface area contributed by atoms with Gasteiger partial charge in [-0.15, -0.1) is 0 Å². The number of hydrogen-bond donors (Lipinski definition) is 1. The minimum Gasteiger partial charge on any atom is -0.469 e. The van der Waals surface area contributed by atoms with Crippen molar-refractivity contribution in [3.05, 3.63) is 16.4 Å². The van der Waals surface area contributed by atoms with Crippen LogP contribution in [0.3, 0.4) is 0 Å². The quantitative estimate of drug-likeness (QED) is 0.631. The van der Waals surface area contributed by atoms with Crippen LogP contribution in [0, 0.1) is 10.1 Å². The zero-order valence-corrected chi connectivity index (χ0v) is 9.96. The summed E-state index contributed by atoms with van der Waals surface area (Å²) in [5.41, 5.74) is -0.230. The van der Waals surface area contributed by atoms with Crippen molar-refractivity contribution < 1.29 is 14.4 Å². The fraction of sp³-hybridized carbons (Fsp3) is 0.600. The van der Waals surface area contributed by atoms with Crippen LogP contribution in [0.4, 0.5) is 11.5 Å². The molecule has 0 spiro atoms. The second-order valence-electron chi connectivity index (χ2n) is 3.81. The molecule has 8 heteroatoms. The summed E-state index contributed by atoms with van der Waals surface area (Å²) in [6.45, 7) is 1.20. The number of ether oxygens (including phenoxy) is 2. The maximum Gasteiger partial charge on any atom is 0.372 e. The molecule has 1 N–H and O–H groups in total. The monoisotopic (exact) mass is 254 g/mol. The van der Waals surface area contributed by atoms with Crippen LogP contribution in [0.25, 0.3) is 0 Å². The first-order valence-corrected chi connectivity index (χ1v) is 5.64. The summed E-state index contributed by atoms with van der Waals surface area (Å²) in [7, 11) is 1.56. The molecule has 0 bridgehead atoms. The van der Waals surface area contributed by atoms with Gasteiger partial charge in [0.25, 0.3) is 5.88 Å². The van der Waals surface area contributed by atoms with Crippen molar-refractivity contribution in [2.75, 3.05) is 25.6 Å². The molecule has 0 aliphatic carbocycles. The summed E-state index contributed by atoms with van der Waals surface area (Å²) in [4.78, 5) is 18.1. The molecule has 0 amide bonds. The summed E-state index contributed by atoms with van der Waals surface area (Å²) in [6, 6.07) is 0. The number of anilines is 1. The van der Waals surface area contributed by atoms with Gasteiger partial charge in [0.2, 0.25) is 5.82 Å². The van der Waals surface area contributed by atoms with Crippen LogP contribution in [0.5, 0.6) is 5.88 Å². The number of nitrogens with zero attached hydrogens (tertiary/aromatic N) is 3. The number of hydrogen-bond acceptors (Lipinski definition) is 7. The molecule has 0 unspecified atom stereocenters. The third-order valence-electron chi connectivity index (χ3n) is 2.65. The minimum atomic E-state index is -0.541. The van der Waals surface area contributed by atoms with Gasteiger partial charge < -0.3 is 14.8 Å². The van der Waals surface area contributed by atoms with Crippen LogP contribution in [0.2, 0.25) is 0 Å². The van der Waals surface area contributed by atoms with Gasteiger partial charge in [0.1, 0.15) is 12.4 Å². The first kappa shape index (κ1) is 12.5. The standard InChI is InChI=1S/C10H14N4O4/c1-11-9-8(14(15)16)10(13-6-12-9)18-7-2-4-17-5-3-7/h6-7H,2-5H2,1H3,(H,11,12,13). The van der Waals surface area contributed by atoms with Gasteiger partial charge in [-0.3, -0.25) is 10.1 Å². The summed E-state index contributed by atoms with van der Waals surface area (Å²) in [6.07, 6.45) is 2.55. The molecule has 0 aromatic carbocycles. The van der Waals surface area contributed by atoms with E-state index in [2.05, 4.69) is 15.3 Å². The summed E-state index contributed by atoms with van der Waals surface area (Å²) < 4.78 is 10.8. The van der Waals surface area contributed by atoms with E-state index in [1.807, 2.05) is 0 Å². The smallest absolute Gasteiger partial charge is 0.372 e. The van der Waals surface area contributed by atoms with E-state index in [1.165, 1.54) is 6.33 Å². The van der Waals surface area contributed by atoms with Gasteiger partial charge >= 0.3 is 5.69 Å². The van der Waals surface area contributed by atoms with Gasteiger partial charge in [0.05, 0.1) is 18.1 Å². The van der Waals surface area contributed by atoms with Crippen molar-refractivity contribution in [1.29, 1.82) is 0 Å². The summed E-state index contributed by atoms with van der Waals surface area (Å²) in [5.74, 6) is 0.156. The van der Waals surface area contributed by atoms with Gasteiger partial charge in [0, 0.05) is 19.9 Å². The molecule has 98 valence electrons. The maximum atomic E-state index is 11.0. The van der Waals surface area contributed by atoms with Crippen molar-refractivity contribution in [2.24, 2.45) is 0 Å². The molecule has 1 fully saturated rings.